The van der Waals surface area contributed by atoms with Crippen molar-refractivity contribution in [3.05, 3.63) is 0 Å². The van der Waals surface area contributed by atoms with Crippen LogP contribution in [0.3, 0.4) is 0 Å². The van der Waals surface area contributed by atoms with Crippen LogP contribution in [0.1, 0.15) is 1.43 Å². The molecule has 0 N–H and O–H groups in total. The molecule has 0 aliphatic rings. The Hall–Kier alpha value is 0.589. The van der Waals surface area contributed by atoms with Crippen LogP contribution in [0, 0.1) is 0 Å². The molecule has 0 bridgehead atoms. The van der Waals surface area contributed by atoms with E-state index < -0.39 is 11.4 Å². The fourth-order valence-electron chi connectivity index (χ4n) is 0. The molecule has 0 atom stereocenters. The molecule has 0 saturated carbocycles. The van der Waals surface area contributed by atoms with Crippen molar-refractivity contribution < 1.29 is 31.8 Å². The number of hydrogen-bond acceptors (Lipinski definition) is 3. The minimum Gasteiger partial charge on any atom is -0.784 e. The van der Waals surface area contributed by atoms with Crippen LogP contribution in [0.4, 0.5) is 0 Å². The van der Waals surface area contributed by atoms with Crippen molar-refractivity contribution in [3.8, 4) is 0 Å². The van der Waals surface area contributed by atoms with E-state index in [2.05, 4.69) is 0 Å². The first kappa shape index (κ1) is 9.14. The van der Waals surface area contributed by atoms with Gasteiger partial charge in [-0.05, 0) is 0 Å². The van der Waals surface area contributed by atoms with Gasteiger partial charge in [0.05, 0.1) is 0 Å². The third kappa shape index (κ3) is 88.6. The van der Waals surface area contributed by atoms with Gasteiger partial charge in [-0.3, -0.25) is 4.21 Å². The maximum Gasteiger partial charge on any atom is 2.00 e. The van der Waals surface area contributed by atoms with Crippen molar-refractivity contribution >= 4 is 11.4 Å². The summed E-state index contributed by atoms with van der Waals surface area (Å²) in [4.78, 5) is 0. The van der Waals surface area contributed by atoms with Gasteiger partial charge in [0.1, 0.15) is 0 Å². The Bertz CT molecular complexity index is 33.8. The normalized spacial score (nSPS) is 7.00. The van der Waals surface area contributed by atoms with Crippen molar-refractivity contribution in [2.24, 2.45) is 0 Å². The zero-order valence-corrected chi connectivity index (χ0v) is 3.91. The van der Waals surface area contributed by atoms with Gasteiger partial charge in [0.15, 0.2) is 0 Å². The first-order chi connectivity index (χ1) is 1.73. The Balaban J connectivity index is -0.0000000450. The molecule has 0 radical (unpaired) electrons. The molecular formula is HFeO3S+. The van der Waals surface area contributed by atoms with Crippen LogP contribution in [0.15, 0.2) is 0 Å². The Labute approximate surface area is 43.8 Å². The van der Waals surface area contributed by atoms with Crippen LogP contribution >= 0.6 is 0 Å². The quantitative estimate of drug-likeness (QED) is 0.321. The van der Waals surface area contributed by atoms with E-state index in [9.17, 15) is 0 Å². The van der Waals surface area contributed by atoms with Crippen LogP contribution in [0.25, 0.3) is 0 Å². The summed E-state index contributed by atoms with van der Waals surface area (Å²) in [5, 5.41) is 0. The van der Waals surface area contributed by atoms with E-state index in [-0.39, 0.29) is 18.5 Å². The third-order valence-electron chi connectivity index (χ3n) is 0. The molecule has 0 saturated heterocycles. The van der Waals surface area contributed by atoms with Crippen LogP contribution in [0.2, 0.25) is 0 Å². The first-order valence-corrected chi connectivity index (χ1v) is 1.50. The van der Waals surface area contributed by atoms with Gasteiger partial charge in [-0.2, -0.15) is 0 Å². The van der Waals surface area contributed by atoms with Gasteiger partial charge < -0.3 is 9.11 Å². The van der Waals surface area contributed by atoms with E-state index >= 15 is 0 Å². The van der Waals surface area contributed by atoms with Crippen molar-refractivity contribution in [3.63, 3.8) is 0 Å². The average Bonchev–Trinajstić information content (AvgIpc) is 0.811. The summed E-state index contributed by atoms with van der Waals surface area (Å²) in [6.45, 7) is 0. The molecule has 0 heterocycles. The minimum atomic E-state index is -3.11. The fourth-order valence-corrected chi connectivity index (χ4v) is 0. The molecular weight excluding hydrogens is 136 g/mol. The summed E-state index contributed by atoms with van der Waals surface area (Å²) >= 11 is -3.11. The number of hydrogen-bond donors (Lipinski definition) is 0. The molecule has 3 nitrogen and oxygen atoms in total. The molecule has 32 valence electrons. The van der Waals surface area contributed by atoms with Gasteiger partial charge >= 0.3 is 18.5 Å². The van der Waals surface area contributed by atoms with Gasteiger partial charge in [-0.25, -0.2) is 0 Å². The van der Waals surface area contributed by atoms with Crippen molar-refractivity contribution in [2.45, 2.75) is 0 Å². The maximum atomic E-state index is 8.44. The van der Waals surface area contributed by atoms with E-state index in [1.54, 1.807) is 0 Å². The van der Waals surface area contributed by atoms with Gasteiger partial charge in [0, 0.05) is 0 Å². The number of rotatable bonds is 0. The topological polar surface area (TPSA) is 63.2 Å². The molecule has 0 rings (SSSR count). The summed E-state index contributed by atoms with van der Waals surface area (Å²) in [5.74, 6) is 0. The average molecular weight is 137 g/mol. The largest absolute Gasteiger partial charge is 2.00 e. The van der Waals surface area contributed by atoms with Crippen LogP contribution in [-0.4, -0.2) is 13.3 Å². The third-order valence-corrected chi connectivity index (χ3v) is 0. The predicted octanol–water partition coefficient (Wildman–Crippen LogP) is -0.894. The summed E-state index contributed by atoms with van der Waals surface area (Å²) in [7, 11) is 0. The molecule has 0 aromatic rings. The van der Waals surface area contributed by atoms with Crippen molar-refractivity contribution in [1.82, 2.24) is 0 Å². The van der Waals surface area contributed by atoms with Gasteiger partial charge in [0.2, 0.25) is 0 Å². The van der Waals surface area contributed by atoms with E-state index in [1.165, 1.54) is 0 Å². The van der Waals surface area contributed by atoms with Gasteiger partial charge in [-0.1, -0.05) is 0 Å². The van der Waals surface area contributed by atoms with Crippen LogP contribution in [0.5, 0.6) is 0 Å². The second-order valence-corrected chi connectivity index (χ2v) is 0.612. The standard InChI is InChI=1S/Fe.H2O3S/c;1-4(2)3/h;(H2,1,2,3)/q+2;/p-1. The second-order valence-electron chi connectivity index (χ2n) is 0.204. The molecule has 5 heavy (non-hydrogen) atoms. The first-order valence-electron chi connectivity index (χ1n) is 0.500. The fraction of sp³-hybridized carbons (Fsp3) is 0. The van der Waals surface area contributed by atoms with Gasteiger partial charge in [-0.15, -0.1) is 11.4 Å². The molecule has 0 aromatic carbocycles. The SMILES string of the molecule is O=S([O-])[O-].[Fe+2].[H+]. The molecule has 0 spiro atoms. The summed E-state index contributed by atoms with van der Waals surface area (Å²) in [6, 6.07) is 0. The second kappa shape index (κ2) is 4.59. The summed E-state index contributed by atoms with van der Waals surface area (Å²) < 4.78 is 25.3. The van der Waals surface area contributed by atoms with Crippen LogP contribution < -0.4 is 0 Å². The molecule has 0 aliphatic carbocycles. The van der Waals surface area contributed by atoms with Crippen molar-refractivity contribution in [1.29, 1.82) is 0 Å². The minimum absolute atomic E-state index is 0. The van der Waals surface area contributed by atoms with E-state index in [1.807, 2.05) is 0 Å². The van der Waals surface area contributed by atoms with E-state index in [4.69, 9.17) is 13.3 Å². The smallest absolute Gasteiger partial charge is 0.784 e. The van der Waals surface area contributed by atoms with Crippen molar-refractivity contribution in [2.75, 3.05) is 0 Å². The zero-order chi connectivity index (χ0) is 3.58. The summed E-state index contributed by atoms with van der Waals surface area (Å²) in [6.07, 6.45) is 0. The maximum absolute atomic E-state index is 8.44. The molecule has 5 heteroatoms. The monoisotopic (exact) mass is 137 g/mol. The molecule has 0 aromatic heterocycles. The predicted molar refractivity (Wildman–Crippen MR) is 10.8 cm³/mol. The molecule has 0 amide bonds. The van der Waals surface area contributed by atoms with E-state index in [0.29, 0.717) is 0 Å². The van der Waals surface area contributed by atoms with E-state index in [0.717, 1.165) is 0 Å². The summed E-state index contributed by atoms with van der Waals surface area (Å²) in [5.41, 5.74) is 0. The Morgan fingerprint density at radius 3 is 1.60 bits per heavy atom. The Kier molecular flexibility index (Phi) is 8.39. The molecule has 0 unspecified atom stereocenters. The van der Waals surface area contributed by atoms with Gasteiger partial charge in [0.25, 0.3) is 0 Å². The molecule has 0 fully saturated rings. The zero-order valence-electron chi connectivity index (χ0n) is 2.99. The van der Waals surface area contributed by atoms with Crippen LogP contribution in [-0.2, 0) is 28.4 Å². The Morgan fingerprint density at radius 2 is 1.60 bits per heavy atom. The molecule has 0 aliphatic heterocycles. The Morgan fingerprint density at radius 1 is 1.60 bits per heavy atom.